The van der Waals surface area contributed by atoms with E-state index in [0.717, 1.165) is 31.6 Å². The lowest BCUT2D eigenvalue weighted by atomic mass is 10.2. The van der Waals surface area contributed by atoms with Gasteiger partial charge in [0.15, 0.2) is 0 Å². The highest BCUT2D eigenvalue weighted by Crippen LogP contribution is 2.22. The van der Waals surface area contributed by atoms with Crippen molar-refractivity contribution in [3.05, 3.63) is 23.5 Å². The lowest BCUT2D eigenvalue weighted by Gasteiger charge is -2.19. The first-order valence-corrected chi connectivity index (χ1v) is 5.64. The number of anilines is 1. The Kier molecular flexibility index (Phi) is 5.43. The fourth-order valence-electron chi connectivity index (χ4n) is 1.47. The molecule has 0 unspecified atom stereocenters. The number of unbranched alkanes of at least 4 members (excludes halogenated alkanes) is 2. The van der Waals surface area contributed by atoms with E-state index in [1.165, 1.54) is 6.42 Å². The molecule has 1 rings (SSSR count). The third-order valence-corrected chi connectivity index (χ3v) is 2.65. The minimum atomic E-state index is 0.707. The van der Waals surface area contributed by atoms with Crippen molar-refractivity contribution >= 4 is 17.3 Å². The van der Waals surface area contributed by atoms with Crippen molar-refractivity contribution in [1.29, 1.82) is 0 Å². The van der Waals surface area contributed by atoms with Gasteiger partial charge in [-0.3, -0.25) is 4.98 Å². The van der Waals surface area contributed by atoms with Gasteiger partial charge in [0.2, 0.25) is 0 Å². The van der Waals surface area contributed by atoms with Crippen LogP contribution in [0.2, 0.25) is 5.02 Å². The molecule has 2 N–H and O–H groups in total. The van der Waals surface area contributed by atoms with Gasteiger partial charge in [0, 0.05) is 26.0 Å². The molecule has 0 radical (unpaired) electrons. The SMILES string of the molecule is CN(CCCCCN)c1ccncc1Cl. The van der Waals surface area contributed by atoms with Crippen molar-refractivity contribution in [2.45, 2.75) is 19.3 Å². The van der Waals surface area contributed by atoms with Crippen LogP contribution >= 0.6 is 11.6 Å². The Morgan fingerprint density at radius 1 is 1.40 bits per heavy atom. The van der Waals surface area contributed by atoms with Gasteiger partial charge < -0.3 is 10.6 Å². The number of halogens is 1. The summed E-state index contributed by atoms with van der Waals surface area (Å²) in [7, 11) is 2.05. The number of nitrogens with two attached hydrogens (primary N) is 1. The number of aromatic nitrogens is 1. The maximum Gasteiger partial charge on any atom is 0.0822 e. The minimum Gasteiger partial charge on any atom is -0.373 e. The molecule has 0 amide bonds. The van der Waals surface area contributed by atoms with Crippen LogP contribution in [0.3, 0.4) is 0 Å². The first-order chi connectivity index (χ1) is 7.25. The maximum absolute atomic E-state index is 6.04. The van der Waals surface area contributed by atoms with Crippen molar-refractivity contribution < 1.29 is 0 Å². The Morgan fingerprint density at radius 2 is 2.20 bits per heavy atom. The monoisotopic (exact) mass is 227 g/mol. The van der Waals surface area contributed by atoms with Gasteiger partial charge >= 0.3 is 0 Å². The van der Waals surface area contributed by atoms with Gasteiger partial charge in [0.05, 0.1) is 10.7 Å². The second kappa shape index (κ2) is 6.64. The van der Waals surface area contributed by atoms with Gasteiger partial charge in [0.1, 0.15) is 0 Å². The summed E-state index contributed by atoms with van der Waals surface area (Å²) in [6.07, 6.45) is 6.85. The van der Waals surface area contributed by atoms with Crippen LogP contribution in [-0.2, 0) is 0 Å². The smallest absolute Gasteiger partial charge is 0.0822 e. The van der Waals surface area contributed by atoms with Crippen LogP contribution in [0.4, 0.5) is 5.69 Å². The van der Waals surface area contributed by atoms with E-state index in [9.17, 15) is 0 Å². The van der Waals surface area contributed by atoms with E-state index in [2.05, 4.69) is 9.88 Å². The highest BCUT2D eigenvalue weighted by Gasteiger charge is 2.04. The molecule has 1 aromatic heterocycles. The third kappa shape index (κ3) is 4.06. The summed E-state index contributed by atoms with van der Waals surface area (Å²) in [6, 6.07) is 1.94. The molecule has 4 heteroatoms. The Bertz CT molecular complexity index is 291. The van der Waals surface area contributed by atoms with Crippen molar-refractivity contribution in [2.75, 3.05) is 25.0 Å². The molecule has 0 spiro atoms. The lowest BCUT2D eigenvalue weighted by molar-refractivity contribution is 0.679. The van der Waals surface area contributed by atoms with Crippen molar-refractivity contribution in [2.24, 2.45) is 5.73 Å². The van der Waals surface area contributed by atoms with Crippen molar-refractivity contribution in [3.63, 3.8) is 0 Å². The zero-order valence-electron chi connectivity index (χ0n) is 9.12. The number of pyridine rings is 1. The molecular formula is C11H18ClN3. The number of nitrogens with zero attached hydrogens (tertiary/aromatic N) is 2. The molecule has 1 aromatic rings. The van der Waals surface area contributed by atoms with E-state index in [1.807, 2.05) is 13.1 Å². The Balaban J connectivity index is 2.40. The largest absolute Gasteiger partial charge is 0.373 e. The molecule has 84 valence electrons. The average Bonchev–Trinajstić information content (AvgIpc) is 2.25. The molecular weight excluding hydrogens is 210 g/mol. The molecule has 3 nitrogen and oxygen atoms in total. The van der Waals surface area contributed by atoms with Crippen molar-refractivity contribution in [1.82, 2.24) is 4.98 Å². The molecule has 0 bridgehead atoms. The highest BCUT2D eigenvalue weighted by molar-refractivity contribution is 6.33. The molecule has 0 aliphatic carbocycles. The van der Waals surface area contributed by atoms with Gasteiger partial charge in [0.25, 0.3) is 0 Å². The molecule has 0 aliphatic heterocycles. The van der Waals surface area contributed by atoms with Crippen LogP contribution in [0.15, 0.2) is 18.5 Å². The van der Waals surface area contributed by atoms with E-state index in [0.29, 0.717) is 5.02 Å². The fourth-order valence-corrected chi connectivity index (χ4v) is 1.73. The second-order valence-electron chi connectivity index (χ2n) is 3.60. The molecule has 0 atom stereocenters. The van der Waals surface area contributed by atoms with Crippen LogP contribution < -0.4 is 10.6 Å². The first-order valence-electron chi connectivity index (χ1n) is 5.26. The average molecular weight is 228 g/mol. The molecule has 15 heavy (non-hydrogen) atoms. The zero-order valence-corrected chi connectivity index (χ0v) is 9.87. The zero-order chi connectivity index (χ0) is 11.1. The van der Waals surface area contributed by atoms with Crippen LogP contribution in [0, 0.1) is 0 Å². The first kappa shape index (κ1) is 12.3. The third-order valence-electron chi connectivity index (χ3n) is 2.36. The maximum atomic E-state index is 6.04. The van der Waals surface area contributed by atoms with E-state index in [-0.39, 0.29) is 0 Å². The van der Waals surface area contributed by atoms with Crippen LogP contribution in [0.5, 0.6) is 0 Å². The number of rotatable bonds is 6. The summed E-state index contributed by atoms with van der Waals surface area (Å²) >= 11 is 6.04. The second-order valence-corrected chi connectivity index (χ2v) is 4.01. The number of hydrogen-bond acceptors (Lipinski definition) is 3. The molecule has 0 saturated heterocycles. The van der Waals surface area contributed by atoms with Gasteiger partial charge in [-0.1, -0.05) is 18.0 Å². The van der Waals surface area contributed by atoms with Gasteiger partial charge in [-0.05, 0) is 25.5 Å². The summed E-state index contributed by atoms with van der Waals surface area (Å²) in [5.74, 6) is 0. The molecule has 0 aliphatic rings. The summed E-state index contributed by atoms with van der Waals surface area (Å²) in [5, 5.41) is 0.707. The van der Waals surface area contributed by atoms with Crippen LogP contribution in [-0.4, -0.2) is 25.1 Å². The summed E-state index contributed by atoms with van der Waals surface area (Å²) in [5.41, 5.74) is 6.48. The fraction of sp³-hybridized carbons (Fsp3) is 0.545. The van der Waals surface area contributed by atoms with Gasteiger partial charge in [-0.15, -0.1) is 0 Å². The Morgan fingerprint density at radius 3 is 2.87 bits per heavy atom. The predicted octanol–water partition coefficient (Wildman–Crippen LogP) is 2.30. The summed E-state index contributed by atoms with van der Waals surface area (Å²) < 4.78 is 0. The quantitative estimate of drug-likeness (QED) is 0.759. The van der Waals surface area contributed by atoms with E-state index in [4.69, 9.17) is 17.3 Å². The van der Waals surface area contributed by atoms with Crippen LogP contribution in [0.25, 0.3) is 0 Å². The van der Waals surface area contributed by atoms with Gasteiger partial charge in [-0.25, -0.2) is 0 Å². The van der Waals surface area contributed by atoms with E-state index >= 15 is 0 Å². The van der Waals surface area contributed by atoms with Crippen molar-refractivity contribution in [3.8, 4) is 0 Å². The Labute approximate surface area is 96.2 Å². The topological polar surface area (TPSA) is 42.1 Å². The van der Waals surface area contributed by atoms with E-state index < -0.39 is 0 Å². The molecule has 0 saturated carbocycles. The lowest BCUT2D eigenvalue weighted by Crippen LogP contribution is -2.19. The summed E-state index contributed by atoms with van der Waals surface area (Å²) in [6.45, 7) is 1.78. The normalized spacial score (nSPS) is 10.3. The Hall–Kier alpha value is -0.800. The van der Waals surface area contributed by atoms with Gasteiger partial charge in [-0.2, -0.15) is 0 Å². The predicted molar refractivity (Wildman–Crippen MR) is 65.4 cm³/mol. The van der Waals surface area contributed by atoms with E-state index in [1.54, 1.807) is 12.4 Å². The van der Waals surface area contributed by atoms with Crippen LogP contribution in [0.1, 0.15) is 19.3 Å². The highest BCUT2D eigenvalue weighted by atomic mass is 35.5. The molecule has 0 fully saturated rings. The summed E-state index contributed by atoms with van der Waals surface area (Å²) in [4.78, 5) is 6.12. The molecule has 1 heterocycles. The minimum absolute atomic E-state index is 0.707. The molecule has 0 aromatic carbocycles. The standard InChI is InChI=1S/C11H18ClN3/c1-15(8-4-2-3-6-13)11-5-7-14-9-10(11)12/h5,7,9H,2-4,6,8,13H2,1H3. The number of hydrogen-bond donors (Lipinski definition) is 1.